The molecule has 12 heavy (non-hydrogen) atoms. The second-order valence-electron chi connectivity index (χ2n) is 2.68. The number of nitrogens with zero attached hydrogens (tertiary/aromatic N) is 3. The third-order valence-corrected chi connectivity index (χ3v) is 2.19. The summed E-state index contributed by atoms with van der Waals surface area (Å²) in [5.41, 5.74) is 0.453. The van der Waals surface area contributed by atoms with Crippen LogP contribution in [-0.4, -0.2) is 34.7 Å². The van der Waals surface area contributed by atoms with Crippen molar-refractivity contribution in [3.8, 4) is 0 Å². The van der Waals surface area contributed by atoms with Crippen LogP contribution in [0.4, 0.5) is 0 Å². The standard InChI is InChI=1S/C7H10BrN3O/c1-10(2)7(12)5-4-6(8)11(3)9-5/h4H,1-3H3. The minimum absolute atomic E-state index is 0.0868. The summed E-state index contributed by atoms with van der Waals surface area (Å²) in [6.07, 6.45) is 0. The molecule has 0 aromatic carbocycles. The molecule has 1 heterocycles. The summed E-state index contributed by atoms with van der Waals surface area (Å²) in [7, 11) is 5.17. The minimum Gasteiger partial charge on any atom is -0.343 e. The molecule has 66 valence electrons. The van der Waals surface area contributed by atoms with E-state index < -0.39 is 0 Å². The Morgan fingerprint density at radius 2 is 2.25 bits per heavy atom. The van der Waals surface area contributed by atoms with Crippen molar-refractivity contribution in [2.75, 3.05) is 14.1 Å². The van der Waals surface area contributed by atoms with Gasteiger partial charge in [-0.1, -0.05) is 0 Å². The van der Waals surface area contributed by atoms with Crippen molar-refractivity contribution in [3.05, 3.63) is 16.4 Å². The van der Waals surface area contributed by atoms with Gasteiger partial charge in [0.05, 0.1) is 0 Å². The van der Waals surface area contributed by atoms with E-state index >= 15 is 0 Å². The highest BCUT2D eigenvalue weighted by atomic mass is 79.9. The predicted molar refractivity (Wildman–Crippen MR) is 48.9 cm³/mol. The molecule has 1 aromatic heterocycles. The third kappa shape index (κ3) is 1.66. The Morgan fingerprint density at radius 1 is 1.67 bits per heavy atom. The third-order valence-electron chi connectivity index (χ3n) is 1.45. The van der Waals surface area contributed by atoms with E-state index in [4.69, 9.17) is 0 Å². The molecular weight excluding hydrogens is 222 g/mol. The highest BCUT2D eigenvalue weighted by Gasteiger charge is 2.12. The molecule has 0 aliphatic carbocycles. The second kappa shape index (κ2) is 3.26. The van der Waals surface area contributed by atoms with Gasteiger partial charge in [-0.15, -0.1) is 0 Å². The van der Waals surface area contributed by atoms with Gasteiger partial charge in [-0.05, 0) is 15.9 Å². The van der Waals surface area contributed by atoms with Crippen molar-refractivity contribution in [1.29, 1.82) is 0 Å². The number of rotatable bonds is 1. The molecular formula is C7H10BrN3O. The number of hydrogen-bond donors (Lipinski definition) is 0. The maximum absolute atomic E-state index is 11.3. The van der Waals surface area contributed by atoms with Crippen molar-refractivity contribution < 1.29 is 4.79 Å². The highest BCUT2D eigenvalue weighted by Crippen LogP contribution is 2.10. The van der Waals surface area contributed by atoms with Crippen LogP contribution in [0.25, 0.3) is 0 Å². The average molecular weight is 232 g/mol. The lowest BCUT2D eigenvalue weighted by Gasteiger charge is -2.06. The lowest BCUT2D eigenvalue weighted by molar-refractivity contribution is 0.0821. The molecule has 0 fully saturated rings. The number of halogens is 1. The molecule has 1 aromatic rings. The molecule has 0 spiro atoms. The summed E-state index contributed by atoms with van der Waals surface area (Å²) in [6.45, 7) is 0. The Morgan fingerprint density at radius 3 is 2.58 bits per heavy atom. The fourth-order valence-electron chi connectivity index (χ4n) is 0.778. The first-order valence-corrected chi connectivity index (χ1v) is 4.23. The molecule has 0 aliphatic rings. The van der Waals surface area contributed by atoms with Gasteiger partial charge in [0, 0.05) is 27.2 Å². The quantitative estimate of drug-likeness (QED) is 0.720. The molecule has 0 unspecified atom stereocenters. The molecule has 0 radical (unpaired) electrons. The SMILES string of the molecule is CN(C)C(=O)c1cc(Br)n(C)n1. The van der Waals surface area contributed by atoms with Gasteiger partial charge in [0.1, 0.15) is 4.60 Å². The van der Waals surface area contributed by atoms with Crippen molar-refractivity contribution >= 4 is 21.8 Å². The van der Waals surface area contributed by atoms with Crippen LogP contribution in [0.2, 0.25) is 0 Å². The van der Waals surface area contributed by atoms with Crippen molar-refractivity contribution in [3.63, 3.8) is 0 Å². The smallest absolute Gasteiger partial charge is 0.273 e. The van der Waals surface area contributed by atoms with E-state index in [0.717, 1.165) is 4.60 Å². The molecule has 0 saturated heterocycles. The first-order valence-electron chi connectivity index (χ1n) is 3.43. The fraction of sp³-hybridized carbons (Fsp3) is 0.429. The molecule has 0 N–H and O–H groups in total. The number of hydrogen-bond acceptors (Lipinski definition) is 2. The van der Waals surface area contributed by atoms with Gasteiger partial charge in [0.25, 0.3) is 5.91 Å². The average Bonchev–Trinajstić information content (AvgIpc) is 2.30. The monoisotopic (exact) mass is 231 g/mol. The molecule has 0 bridgehead atoms. The molecule has 4 nitrogen and oxygen atoms in total. The van der Waals surface area contributed by atoms with Gasteiger partial charge in [0.15, 0.2) is 5.69 Å². The molecule has 1 amide bonds. The maximum atomic E-state index is 11.3. The number of carbonyl (C=O) groups excluding carboxylic acids is 1. The normalized spacial score (nSPS) is 10.0. The van der Waals surface area contributed by atoms with E-state index in [9.17, 15) is 4.79 Å². The van der Waals surface area contributed by atoms with E-state index in [1.54, 1.807) is 31.9 Å². The molecule has 0 saturated carbocycles. The number of carbonyl (C=O) groups is 1. The molecule has 1 rings (SSSR count). The van der Waals surface area contributed by atoms with Gasteiger partial charge >= 0.3 is 0 Å². The lowest BCUT2D eigenvalue weighted by Crippen LogP contribution is -2.22. The zero-order valence-electron chi connectivity index (χ0n) is 7.21. The van der Waals surface area contributed by atoms with Gasteiger partial charge in [-0.3, -0.25) is 9.48 Å². The fourth-order valence-corrected chi connectivity index (χ4v) is 1.07. The van der Waals surface area contributed by atoms with Gasteiger partial charge in [-0.2, -0.15) is 5.10 Å². The Kier molecular flexibility index (Phi) is 2.52. The molecule has 0 atom stereocenters. The molecule has 5 heteroatoms. The largest absolute Gasteiger partial charge is 0.343 e. The highest BCUT2D eigenvalue weighted by molar-refractivity contribution is 9.10. The Labute approximate surface area is 79.3 Å². The van der Waals surface area contributed by atoms with Crippen molar-refractivity contribution in [2.24, 2.45) is 7.05 Å². The van der Waals surface area contributed by atoms with Crippen LogP contribution in [0, 0.1) is 0 Å². The van der Waals surface area contributed by atoms with Crippen LogP contribution in [0.15, 0.2) is 10.7 Å². The van der Waals surface area contributed by atoms with E-state index in [-0.39, 0.29) is 5.91 Å². The Balaban J connectivity index is 2.97. The maximum Gasteiger partial charge on any atom is 0.273 e. The van der Waals surface area contributed by atoms with Crippen LogP contribution < -0.4 is 0 Å². The zero-order valence-corrected chi connectivity index (χ0v) is 8.79. The van der Waals surface area contributed by atoms with Gasteiger partial charge in [0.2, 0.25) is 0 Å². The van der Waals surface area contributed by atoms with Crippen LogP contribution >= 0.6 is 15.9 Å². The second-order valence-corrected chi connectivity index (χ2v) is 3.49. The van der Waals surface area contributed by atoms with Gasteiger partial charge < -0.3 is 4.90 Å². The number of amides is 1. The summed E-state index contributed by atoms with van der Waals surface area (Å²) in [5.74, 6) is -0.0868. The van der Waals surface area contributed by atoms with E-state index in [1.807, 2.05) is 0 Å². The lowest BCUT2D eigenvalue weighted by atomic mass is 10.4. The first-order chi connectivity index (χ1) is 5.52. The summed E-state index contributed by atoms with van der Waals surface area (Å²) in [5, 5.41) is 4.01. The topological polar surface area (TPSA) is 38.1 Å². The van der Waals surface area contributed by atoms with Gasteiger partial charge in [-0.25, -0.2) is 0 Å². The Hall–Kier alpha value is -0.840. The summed E-state index contributed by atoms with van der Waals surface area (Å²) in [6, 6.07) is 1.70. The van der Waals surface area contributed by atoms with Crippen molar-refractivity contribution in [1.82, 2.24) is 14.7 Å². The summed E-state index contributed by atoms with van der Waals surface area (Å²) < 4.78 is 2.41. The van der Waals surface area contributed by atoms with E-state index in [1.165, 1.54) is 4.90 Å². The summed E-state index contributed by atoms with van der Waals surface area (Å²) in [4.78, 5) is 12.8. The Bertz CT molecular complexity index is 286. The van der Waals surface area contributed by atoms with Crippen LogP contribution in [0.3, 0.4) is 0 Å². The van der Waals surface area contributed by atoms with E-state index in [0.29, 0.717) is 5.69 Å². The zero-order chi connectivity index (χ0) is 9.30. The number of aryl methyl sites for hydroxylation is 1. The van der Waals surface area contributed by atoms with E-state index in [2.05, 4.69) is 21.0 Å². The number of aromatic nitrogens is 2. The van der Waals surface area contributed by atoms with Crippen LogP contribution in [-0.2, 0) is 7.05 Å². The minimum atomic E-state index is -0.0868. The summed E-state index contributed by atoms with van der Waals surface area (Å²) >= 11 is 3.26. The predicted octanol–water partition coefficient (Wildman–Crippen LogP) is 0.884. The van der Waals surface area contributed by atoms with Crippen LogP contribution in [0.5, 0.6) is 0 Å². The first kappa shape index (κ1) is 9.25. The molecule has 0 aliphatic heterocycles. The van der Waals surface area contributed by atoms with Crippen LogP contribution in [0.1, 0.15) is 10.5 Å². The van der Waals surface area contributed by atoms with Crippen molar-refractivity contribution in [2.45, 2.75) is 0 Å².